The lowest BCUT2D eigenvalue weighted by Gasteiger charge is -2.21. The predicted molar refractivity (Wildman–Crippen MR) is 112 cm³/mol. The van der Waals surface area contributed by atoms with E-state index in [1.165, 1.54) is 19.3 Å². The van der Waals surface area contributed by atoms with Crippen molar-refractivity contribution in [2.24, 2.45) is 23.7 Å². The average molecular weight is 399 g/mol. The minimum Gasteiger partial charge on any atom is -0.512 e. The number of aliphatic hydroxyl groups is 2. The van der Waals surface area contributed by atoms with Gasteiger partial charge in [-0.15, -0.1) is 0 Å². The Bertz CT molecular complexity index is 479. The largest absolute Gasteiger partial charge is 0.512 e. The molecule has 4 nitrogen and oxygen atoms in total. The van der Waals surface area contributed by atoms with Gasteiger partial charge in [-0.05, 0) is 75.0 Å². The van der Waals surface area contributed by atoms with Gasteiger partial charge in [-0.2, -0.15) is 11.8 Å². The highest BCUT2D eigenvalue weighted by atomic mass is 32.2. The number of carbonyl (C=O) groups is 1. The van der Waals surface area contributed by atoms with Crippen molar-refractivity contribution >= 4 is 17.7 Å². The maximum Gasteiger partial charge on any atom is 0.315 e. The van der Waals surface area contributed by atoms with Gasteiger partial charge < -0.3 is 14.9 Å². The van der Waals surface area contributed by atoms with Crippen LogP contribution in [0.2, 0.25) is 0 Å². The van der Waals surface area contributed by atoms with E-state index in [0.29, 0.717) is 35.9 Å². The molecule has 0 aromatic heterocycles. The summed E-state index contributed by atoms with van der Waals surface area (Å²) in [6, 6.07) is 0. The first-order valence-electron chi connectivity index (χ1n) is 10.9. The number of rotatable bonds is 12. The quantitative estimate of drug-likeness (QED) is 0.272. The zero-order valence-corrected chi connectivity index (χ0v) is 17.9. The zero-order valence-electron chi connectivity index (χ0n) is 17.1. The number of unbranched alkanes of at least 4 members (excludes halogenated alkanes) is 4. The highest BCUT2D eigenvalue weighted by Crippen LogP contribution is 2.52. The van der Waals surface area contributed by atoms with Gasteiger partial charge in [0.1, 0.15) is 0 Å². The topological polar surface area (TPSA) is 66.8 Å². The summed E-state index contributed by atoms with van der Waals surface area (Å²) in [5.41, 5.74) is 0. The monoisotopic (exact) mass is 398 g/mol. The van der Waals surface area contributed by atoms with Crippen molar-refractivity contribution in [2.75, 3.05) is 18.1 Å². The maximum absolute atomic E-state index is 11.4. The molecule has 2 N–H and O–H groups in total. The number of ether oxygens (including phenoxy) is 1. The van der Waals surface area contributed by atoms with Crippen LogP contribution in [0.25, 0.3) is 0 Å². The predicted octanol–water partition coefficient (Wildman–Crippen LogP) is 5.11. The molecule has 0 saturated heterocycles. The summed E-state index contributed by atoms with van der Waals surface area (Å²) in [5.74, 6) is 3.30. The van der Waals surface area contributed by atoms with Gasteiger partial charge in [-0.1, -0.05) is 26.2 Å². The number of fused-ring (bicyclic) bond motifs is 1. The number of hydrogen-bond donors (Lipinski definition) is 2. The normalized spacial score (nSPS) is 30.5. The third-order valence-electron chi connectivity index (χ3n) is 6.22. The van der Waals surface area contributed by atoms with Crippen molar-refractivity contribution in [1.29, 1.82) is 0 Å². The molecule has 2 fully saturated rings. The smallest absolute Gasteiger partial charge is 0.315 e. The third-order valence-corrected chi connectivity index (χ3v) is 7.18. The van der Waals surface area contributed by atoms with Crippen LogP contribution < -0.4 is 0 Å². The number of carbonyl (C=O) groups excluding carboxylic acids is 1. The number of thioether (sulfide) groups is 1. The second kappa shape index (κ2) is 12.0. The Hall–Kier alpha value is -0.680. The fourth-order valence-corrected chi connectivity index (χ4v) is 5.84. The van der Waals surface area contributed by atoms with E-state index in [4.69, 9.17) is 4.74 Å². The zero-order chi connectivity index (χ0) is 19.6. The molecule has 2 aliphatic rings. The summed E-state index contributed by atoms with van der Waals surface area (Å²) >= 11 is 1.66. The van der Waals surface area contributed by atoms with Crippen molar-refractivity contribution in [3.05, 3.63) is 11.8 Å². The maximum atomic E-state index is 11.4. The molecule has 0 aliphatic heterocycles. The molecule has 2 rings (SSSR count). The van der Waals surface area contributed by atoms with Gasteiger partial charge in [0.05, 0.1) is 24.2 Å². The van der Waals surface area contributed by atoms with Crippen LogP contribution in [0.3, 0.4) is 0 Å². The lowest BCUT2D eigenvalue weighted by molar-refractivity contribution is -0.139. The van der Waals surface area contributed by atoms with Gasteiger partial charge >= 0.3 is 5.97 Å². The molecule has 0 unspecified atom stereocenters. The Morgan fingerprint density at radius 1 is 1.19 bits per heavy atom. The second-order valence-corrected chi connectivity index (χ2v) is 9.32. The SMILES string of the molecule is CCCCCCC=C(O)[C@@H]1[C@@H]2C[C@H](CCSCC(=O)OCC)C[C@@H]2C[C@H]1O. The summed E-state index contributed by atoms with van der Waals surface area (Å²) in [6.07, 6.45) is 11.5. The Kier molecular flexibility index (Phi) is 10.1. The van der Waals surface area contributed by atoms with E-state index in [0.717, 1.165) is 44.3 Å². The van der Waals surface area contributed by atoms with Gasteiger partial charge in [-0.25, -0.2) is 0 Å². The Morgan fingerprint density at radius 3 is 2.74 bits per heavy atom. The first-order valence-corrected chi connectivity index (χ1v) is 12.0. The van der Waals surface area contributed by atoms with Crippen LogP contribution in [-0.2, 0) is 9.53 Å². The van der Waals surface area contributed by atoms with Gasteiger partial charge in [0, 0.05) is 5.92 Å². The summed E-state index contributed by atoms with van der Waals surface area (Å²) in [4.78, 5) is 11.4. The second-order valence-electron chi connectivity index (χ2n) is 8.21. The van der Waals surface area contributed by atoms with E-state index in [1.54, 1.807) is 11.8 Å². The van der Waals surface area contributed by atoms with E-state index in [-0.39, 0.29) is 18.0 Å². The molecule has 0 radical (unpaired) electrons. The highest BCUT2D eigenvalue weighted by Gasteiger charge is 2.49. The molecular formula is C22H38O4S. The van der Waals surface area contributed by atoms with Crippen LogP contribution in [0.4, 0.5) is 0 Å². The molecular weight excluding hydrogens is 360 g/mol. The Balaban J connectivity index is 1.74. The molecule has 5 atom stereocenters. The fraction of sp³-hybridized carbons (Fsp3) is 0.864. The van der Waals surface area contributed by atoms with Gasteiger partial charge in [0.2, 0.25) is 0 Å². The van der Waals surface area contributed by atoms with Crippen LogP contribution in [0.1, 0.15) is 71.6 Å². The number of aliphatic hydroxyl groups excluding tert-OH is 2. The molecule has 0 aromatic carbocycles. The highest BCUT2D eigenvalue weighted by molar-refractivity contribution is 7.99. The number of hydrogen-bond acceptors (Lipinski definition) is 5. The lowest BCUT2D eigenvalue weighted by atomic mass is 9.88. The van der Waals surface area contributed by atoms with Crippen LogP contribution in [0.15, 0.2) is 11.8 Å². The molecule has 5 heteroatoms. The van der Waals surface area contributed by atoms with Crippen LogP contribution in [-0.4, -0.2) is 40.4 Å². The molecule has 0 spiro atoms. The van der Waals surface area contributed by atoms with Crippen molar-refractivity contribution < 1.29 is 19.7 Å². The number of allylic oxidation sites excluding steroid dienone is 1. The van der Waals surface area contributed by atoms with E-state index in [2.05, 4.69) is 6.92 Å². The summed E-state index contributed by atoms with van der Waals surface area (Å²) in [5, 5.41) is 21.0. The van der Waals surface area contributed by atoms with Gasteiger partial charge in [-0.3, -0.25) is 4.79 Å². The Labute approximate surface area is 169 Å². The fourth-order valence-electron chi connectivity index (χ4n) is 4.95. The van der Waals surface area contributed by atoms with Crippen molar-refractivity contribution in [2.45, 2.75) is 77.7 Å². The summed E-state index contributed by atoms with van der Waals surface area (Å²) < 4.78 is 4.96. The first kappa shape index (κ1) is 22.6. The van der Waals surface area contributed by atoms with Crippen molar-refractivity contribution in [1.82, 2.24) is 0 Å². The number of esters is 1. The van der Waals surface area contributed by atoms with Crippen molar-refractivity contribution in [3.63, 3.8) is 0 Å². The summed E-state index contributed by atoms with van der Waals surface area (Å²) in [7, 11) is 0. The van der Waals surface area contributed by atoms with Crippen molar-refractivity contribution in [3.8, 4) is 0 Å². The third kappa shape index (κ3) is 7.01. The average Bonchev–Trinajstić information content (AvgIpc) is 3.14. The molecule has 0 bridgehead atoms. The first-order chi connectivity index (χ1) is 13.1. The van der Waals surface area contributed by atoms with Crippen LogP contribution >= 0.6 is 11.8 Å². The molecule has 2 aliphatic carbocycles. The summed E-state index contributed by atoms with van der Waals surface area (Å²) in [6.45, 7) is 4.48. The molecule has 0 aromatic rings. The van der Waals surface area contributed by atoms with Gasteiger partial charge in [0.25, 0.3) is 0 Å². The molecule has 2 saturated carbocycles. The molecule has 0 heterocycles. The Morgan fingerprint density at radius 2 is 2.00 bits per heavy atom. The van der Waals surface area contributed by atoms with Crippen LogP contribution in [0.5, 0.6) is 0 Å². The minimum atomic E-state index is -0.383. The minimum absolute atomic E-state index is 0.0571. The van der Waals surface area contributed by atoms with E-state index < -0.39 is 0 Å². The van der Waals surface area contributed by atoms with E-state index >= 15 is 0 Å². The van der Waals surface area contributed by atoms with Gasteiger partial charge in [0.15, 0.2) is 0 Å². The molecule has 27 heavy (non-hydrogen) atoms. The molecule has 156 valence electrons. The van der Waals surface area contributed by atoms with Crippen LogP contribution in [0, 0.1) is 23.7 Å². The van der Waals surface area contributed by atoms with E-state index in [1.807, 2.05) is 13.0 Å². The molecule has 0 amide bonds. The lowest BCUT2D eigenvalue weighted by Crippen LogP contribution is -2.22. The van der Waals surface area contributed by atoms with E-state index in [9.17, 15) is 15.0 Å². The standard InChI is InChI=1S/C22H38O4S/c1-3-5-6-7-8-9-19(23)22-18-13-16(12-17(18)14-20(22)24)10-11-27-15-21(25)26-4-2/h9,16-18,20,22-24H,3-8,10-15H2,1-2H3/t16-,17-,18-,20-,22+/m1/s1.